The standard InChI is InChI=1S/C21H22ClN7O2/c1-31-17-9-14(22)8-16(10-17)27-11-19(23-13-27)24-20-18-5-3-7-29(18)26-21(25-20)28-6-2-4-15(28)12-30/h3,5,7-11,13,15,30H,2,4,6,12H2,1H3,(H,24,25,26)/t15-/m0/s1. The quantitative estimate of drug-likeness (QED) is 0.476. The van der Waals surface area contributed by atoms with Crippen LogP contribution in [0.3, 0.4) is 0 Å². The molecule has 10 heteroatoms. The molecule has 31 heavy (non-hydrogen) atoms. The van der Waals surface area contributed by atoms with Gasteiger partial charge in [0.25, 0.3) is 0 Å². The van der Waals surface area contributed by atoms with Gasteiger partial charge in [0.1, 0.15) is 23.4 Å². The summed E-state index contributed by atoms with van der Waals surface area (Å²) in [5.74, 6) is 2.53. The lowest BCUT2D eigenvalue weighted by atomic mass is 10.2. The molecule has 4 aromatic rings. The lowest BCUT2D eigenvalue weighted by Gasteiger charge is -2.23. The van der Waals surface area contributed by atoms with Crippen LogP contribution >= 0.6 is 11.6 Å². The van der Waals surface area contributed by atoms with Crippen LogP contribution in [0.4, 0.5) is 17.6 Å². The van der Waals surface area contributed by atoms with E-state index >= 15 is 0 Å². The van der Waals surface area contributed by atoms with Gasteiger partial charge in [-0.25, -0.2) is 9.50 Å². The third kappa shape index (κ3) is 3.77. The van der Waals surface area contributed by atoms with Gasteiger partial charge in [-0.15, -0.1) is 5.10 Å². The number of aromatic nitrogens is 5. The Hall–Kier alpha value is -3.30. The Labute approximate surface area is 183 Å². The molecule has 2 N–H and O–H groups in total. The number of halogens is 1. The molecule has 0 saturated carbocycles. The number of aliphatic hydroxyl groups excluding tert-OH is 1. The smallest absolute Gasteiger partial charge is 0.245 e. The van der Waals surface area contributed by atoms with Gasteiger partial charge in [0.05, 0.1) is 31.6 Å². The number of ether oxygens (including phenoxy) is 1. The van der Waals surface area contributed by atoms with Gasteiger partial charge in [0, 0.05) is 23.8 Å². The largest absolute Gasteiger partial charge is 0.497 e. The van der Waals surface area contributed by atoms with Crippen molar-refractivity contribution in [2.45, 2.75) is 18.9 Å². The predicted octanol–water partition coefficient (Wildman–Crippen LogP) is 3.28. The fourth-order valence-electron chi connectivity index (χ4n) is 3.89. The van der Waals surface area contributed by atoms with Crippen molar-refractivity contribution in [1.29, 1.82) is 0 Å². The molecule has 0 unspecified atom stereocenters. The van der Waals surface area contributed by atoms with Gasteiger partial charge in [0.2, 0.25) is 5.95 Å². The molecular formula is C21H22ClN7O2. The van der Waals surface area contributed by atoms with Crippen LogP contribution in [0.25, 0.3) is 11.2 Å². The summed E-state index contributed by atoms with van der Waals surface area (Å²) in [6, 6.07) is 9.38. The monoisotopic (exact) mass is 439 g/mol. The van der Waals surface area contributed by atoms with Crippen molar-refractivity contribution in [3.05, 3.63) is 54.1 Å². The topological polar surface area (TPSA) is 92.7 Å². The van der Waals surface area contributed by atoms with E-state index in [4.69, 9.17) is 21.3 Å². The van der Waals surface area contributed by atoms with Crippen LogP contribution in [-0.4, -0.2) is 55.6 Å². The van der Waals surface area contributed by atoms with E-state index in [0.29, 0.717) is 28.4 Å². The third-order valence-electron chi connectivity index (χ3n) is 5.44. The number of anilines is 3. The molecule has 1 aliphatic heterocycles. The highest BCUT2D eigenvalue weighted by molar-refractivity contribution is 6.30. The second-order valence-electron chi connectivity index (χ2n) is 7.41. The van der Waals surface area contributed by atoms with Crippen molar-refractivity contribution >= 4 is 34.7 Å². The molecule has 1 atom stereocenters. The Bertz CT molecular complexity index is 1220. The Kier molecular flexibility index (Phi) is 5.13. The number of hydrogen-bond acceptors (Lipinski definition) is 7. The number of rotatable bonds is 6. The molecule has 1 fully saturated rings. The zero-order valence-electron chi connectivity index (χ0n) is 16.9. The minimum Gasteiger partial charge on any atom is -0.497 e. The highest BCUT2D eigenvalue weighted by atomic mass is 35.5. The molecule has 0 bridgehead atoms. The lowest BCUT2D eigenvalue weighted by Crippen LogP contribution is -2.34. The van der Waals surface area contributed by atoms with Crippen LogP contribution < -0.4 is 15.0 Å². The first kappa shape index (κ1) is 19.7. The minimum atomic E-state index is 0.0397. The zero-order valence-corrected chi connectivity index (χ0v) is 17.7. The lowest BCUT2D eigenvalue weighted by molar-refractivity contribution is 0.265. The maximum atomic E-state index is 9.69. The van der Waals surface area contributed by atoms with Crippen molar-refractivity contribution in [3.8, 4) is 11.4 Å². The van der Waals surface area contributed by atoms with Gasteiger partial charge in [-0.2, -0.15) is 4.98 Å². The summed E-state index contributed by atoms with van der Waals surface area (Å²) in [7, 11) is 1.60. The molecule has 0 amide bonds. The first-order valence-electron chi connectivity index (χ1n) is 10.0. The molecule has 1 aromatic carbocycles. The molecule has 0 radical (unpaired) electrons. The summed E-state index contributed by atoms with van der Waals surface area (Å²) in [6.07, 6.45) is 7.38. The number of hydrogen-bond donors (Lipinski definition) is 2. The van der Waals surface area contributed by atoms with Gasteiger partial charge in [0.15, 0.2) is 5.82 Å². The molecule has 9 nitrogen and oxygen atoms in total. The number of nitrogens with one attached hydrogen (secondary N) is 1. The van der Waals surface area contributed by atoms with Crippen LogP contribution in [0.1, 0.15) is 12.8 Å². The third-order valence-corrected chi connectivity index (χ3v) is 5.66. The summed E-state index contributed by atoms with van der Waals surface area (Å²) >= 11 is 6.20. The molecule has 0 aliphatic carbocycles. The molecule has 1 saturated heterocycles. The normalized spacial score (nSPS) is 16.2. The van der Waals surface area contributed by atoms with Crippen molar-refractivity contribution in [2.24, 2.45) is 0 Å². The van der Waals surface area contributed by atoms with Crippen LogP contribution in [0.15, 0.2) is 49.1 Å². The highest BCUT2D eigenvalue weighted by Gasteiger charge is 2.27. The first-order valence-corrected chi connectivity index (χ1v) is 10.4. The molecular weight excluding hydrogens is 418 g/mol. The molecule has 160 valence electrons. The predicted molar refractivity (Wildman–Crippen MR) is 119 cm³/mol. The van der Waals surface area contributed by atoms with Crippen LogP contribution in [0, 0.1) is 0 Å². The summed E-state index contributed by atoms with van der Waals surface area (Å²) < 4.78 is 8.95. The Morgan fingerprint density at radius 3 is 3.06 bits per heavy atom. The van der Waals surface area contributed by atoms with E-state index in [-0.39, 0.29) is 12.6 Å². The summed E-state index contributed by atoms with van der Waals surface area (Å²) in [6.45, 7) is 0.909. The molecule has 0 spiro atoms. The number of fused-ring (bicyclic) bond motifs is 1. The van der Waals surface area contributed by atoms with Gasteiger partial charge >= 0.3 is 0 Å². The summed E-state index contributed by atoms with van der Waals surface area (Å²) in [4.78, 5) is 11.3. The van der Waals surface area contributed by atoms with Crippen molar-refractivity contribution in [3.63, 3.8) is 0 Å². The van der Waals surface area contributed by atoms with E-state index in [1.165, 1.54) is 0 Å². The SMILES string of the molecule is COc1cc(Cl)cc(-n2cnc(Nc3nc(N4CCC[C@H]4CO)nn4cccc34)c2)c1. The van der Waals surface area contributed by atoms with Crippen LogP contribution in [0.2, 0.25) is 5.02 Å². The maximum absolute atomic E-state index is 9.69. The maximum Gasteiger partial charge on any atom is 0.245 e. The molecule has 5 rings (SSSR count). The van der Waals surface area contributed by atoms with Crippen LogP contribution in [-0.2, 0) is 0 Å². The average molecular weight is 440 g/mol. The average Bonchev–Trinajstić information content (AvgIpc) is 3.53. The number of imidazole rings is 1. The van der Waals surface area contributed by atoms with E-state index in [1.807, 2.05) is 41.2 Å². The van der Waals surface area contributed by atoms with E-state index in [9.17, 15) is 5.11 Å². The van der Waals surface area contributed by atoms with Gasteiger partial charge in [-0.05, 0) is 37.1 Å². The van der Waals surface area contributed by atoms with Gasteiger partial charge in [-0.3, -0.25) is 0 Å². The van der Waals surface area contributed by atoms with E-state index in [1.54, 1.807) is 24.0 Å². The fourth-order valence-corrected chi connectivity index (χ4v) is 4.11. The Balaban J connectivity index is 1.47. The highest BCUT2D eigenvalue weighted by Crippen LogP contribution is 2.28. The van der Waals surface area contributed by atoms with Crippen LogP contribution in [0.5, 0.6) is 5.75 Å². The summed E-state index contributed by atoms with van der Waals surface area (Å²) in [5.41, 5.74) is 1.67. The zero-order chi connectivity index (χ0) is 21.4. The number of aliphatic hydroxyl groups is 1. The van der Waals surface area contributed by atoms with Crippen molar-refractivity contribution < 1.29 is 9.84 Å². The first-order chi connectivity index (χ1) is 15.1. The number of methoxy groups -OCH3 is 1. The number of benzene rings is 1. The van der Waals surface area contributed by atoms with E-state index in [0.717, 1.165) is 30.6 Å². The minimum absolute atomic E-state index is 0.0397. The Morgan fingerprint density at radius 1 is 1.32 bits per heavy atom. The molecule has 3 aromatic heterocycles. The number of nitrogens with zero attached hydrogens (tertiary/aromatic N) is 6. The van der Waals surface area contributed by atoms with Gasteiger partial charge < -0.3 is 24.6 Å². The van der Waals surface area contributed by atoms with Crippen molar-refractivity contribution in [1.82, 2.24) is 24.1 Å². The Morgan fingerprint density at radius 2 is 2.23 bits per heavy atom. The molecule has 1 aliphatic rings. The fraction of sp³-hybridized carbons (Fsp3) is 0.286. The van der Waals surface area contributed by atoms with Crippen molar-refractivity contribution in [2.75, 3.05) is 30.5 Å². The second kappa shape index (κ2) is 8.09. The second-order valence-corrected chi connectivity index (χ2v) is 7.85. The summed E-state index contributed by atoms with van der Waals surface area (Å²) in [5, 5.41) is 18.2. The molecule has 4 heterocycles. The van der Waals surface area contributed by atoms with E-state index < -0.39 is 0 Å². The van der Waals surface area contributed by atoms with Gasteiger partial charge in [-0.1, -0.05) is 11.6 Å². The van der Waals surface area contributed by atoms with E-state index in [2.05, 4.69) is 20.3 Å².